The molecule has 2 aromatic carbocycles. The number of aliphatic imine (C=N–C) groups is 1. The van der Waals surface area contributed by atoms with Crippen molar-refractivity contribution in [2.75, 3.05) is 26.2 Å². The molecule has 3 aliphatic heterocycles. The van der Waals surface area contributed by atoms with Gasteiger partial charge in [0.1, 0.15) is 0 Å². The molecule has 156 valence electrons. The number of rotatable bonds is 4. The second kappa shape index (κ2) is 8.18. The van der Waals surface area contributed by atoms with Crippen molar-refractivity contribution >= 4 is 23.5 Å². The third-order valence-corrected chi connectivity index (χ3v) is 6.28. The van der Waals surface area contributed by atoms with Crippen LogP contribution >= 0.6 is 11.6 Å². The minimum Gasteiger partial charge on any atom is -0.314 e. The highest BCUT2D eigenvalue weighted by molar-refractivity contribution is 6.30. The predicted molar refractivity (Wildman–Crippen MR) is 119 cm³/mol. The summed E-state index contributed by atoms with van der Waals surface area (Å²) in [4.78, 5) is 24.5. The molecule has 0 N–H and O–H groups in total. The summed E-state index contributed by atoms with van der Waals surface area (Å²) in [7, 11) is 0. The van der Waals surface area contributed by atoms with E-state index in [2.05, 4.69) is 20.9 Å². The third-order valence-electron chi connectivity index (χ3n) is 6.03. The molecule has 0 aliphatic carbocycles. The van der Waals surface area contributed by atoms with Crippen LogP contribution in [0.4, 0.5) is 0 Å². The van der Waals surface area contributed by atoms with E-state index in [0.29, 0.717) is 30.2 Å². The summed E-state index contributed by atoms with van der Waals surface area (Å²) in [5.74, 6) is 0.825. The third kappa shape index (κ3) is 3.83. The van der Waals surface area contributed by atoms with Crippen LogP contribution in [0.2, 0.25) is 5.02 Å². The molecule has 0 bridgehead atoms. The van der Waals surface area contributed by atoms with Crippen LogP contribution in [0, 0.1) is 11.3 Å². The quantitative estimate of drug-likeness (QED) is 0.744. The monoisotopic (exact) mass is 431 g/mol. The molecule has 1 amide bonds. The second-order valence-electron chi connectivity index (χ2n) is 8.05. The highest BCUT2D eigenvalue weighted by Crippen LogP contribution is 2.32. The topological polar surface area (TPSA) is 62.9 Å². The zero-order chi connectivity index (χ0) is 21.4. The van der Waals surface area contributed by atoms with Gasteiger partial charge in [-0.15, -0.1) is 0 Å². The van der Waals surface area contributed by atoms with Gasteiger partial charge < -0.3 is 4.90 Å². The summed E-state index contributed by atoms with van der Waals surface area (Å²) in [5.41, 5.74) is 4.84. The van der Waals surface area contributed by atoms with Gasteiger partial charge in [-0.1, -0.05) is 35.9 Å². The summed E-state index contributed by atoms with van der Waals surface area (Å²) in [5, 5.41) is 9.68. The maximum Gasteiger partial charge on any atom is 0.259 e. The smallest absolute Gasteiger partial charge is 0.259 e. The molecule has 0 saturated carbocycles. The SMILES string of the molecule is N#Cc1ccc(CN2CCC3=C(C2)C(=O)N(Cc2ccc(Cl)cc2)C2=NCCN23)cc1. The average Bonchev–Trinajstić information content (AvgIpc) is 3.28. The Morgan fingerprint density at radius 3 is 2.45 bits per heavy atom. The molecule has 0 aromatic heterocycles. The molecule has 6 nitrogen and oxygen atoms in total. The van der Waals surface area contributed by atoms with Crippen molar-refractivity contribution in [1.29, 1.82) is 5.26 Å². The minimum absolute atomic E-state index is 0.0476. The predicted octanol–water partition coefficient (Wildman–Crippen LogP) is 3.39. The summed E-state index contributed by atoms with van der Waals surface area (Å²) < 4.78 is 0. The summed E-state index contributed by atoms with van der Waals surface area (Å²) in [6.45, 7) is 4.30. The molecule has 0 spiro atoms. The number of carbonyl (C=O) groups excluding carboxylic acids is 1. The molecule has 2 aromatic rings. The molecule has 31 heavy (non-hydrogen) atoms. The fourth-order valence-electron chi connectivity index (χ4n) is 4.47. The maximum absolute atomic E-state index is 13.5. The van der Waals surface area contributed by atoms with Crippen LogP contribution in [-0.4, -0.2) is 52.7 Å². The van der Waals surface area contributed by atoms with Crippen LogP contribution in [0.5, 0.6) is 0 Å². The van der Waals surface area contributed by atoms with E-state index >= 15 is 0 Å². The fourth-order valence-corrected chi connectivity index (χ4v) is 4.59. The molecular formula is C24H22ClN5O. The number of guanidine groups is 1. The number of hydrogen-bond acceptors (Lipinski definition) is 5. The first-order valence-corrected chi connectivity index (χ1v) is 10.8. The van der Waals surface area contributed by atoms with Gasteiger partial charge in [-0.25, -0.2) is 0 Å². The van der Waals surface area contributed by atoms with Gasteiger partial charge in [-0.3, -0.25) is 19.6 Å². The number of nitrogens with zero attached hydrogens (tertiary/aromatic N) is 5. The van der Waals surface area contributed by atoms with Crippen molar-refractivity contribution < 1.29 is 4.79 Å². The maximum atomic E-state index is 13.5. The Hall–Kier alpha value is -3.14. The van der Waals surface area contributed by atoms with Gasteiger partial charge in [0.25, 0.3) is 5.91 Å². The number of halogens is 1. The van der Waals surface area contributed by atoms with Crippen molar-refractivity contribution in [2.45, 2.75) is 19.5 Å². The van der Waals surface area contributed by atoms with Crippen molar-refractivity contribution in [2.24, 2.45) is 4.99 Å². The van der Waals surface area contributed by atoms with Crippen LogP contribution in [0.3, 0.4) is 0 Å². The van der Waals surface area contributed by atoms with Crippen LogP contribution in [0.25, 0.3) is 0 Å². The molecule has 0 unspecified atom stereocenters. The normalized spacial score (nSPS) is 18.6. The second-order valence-corrected chi connectivity index (χ2v) is 8.48. The molecule has 5 rings (SSSR count). The van der Waals surface area contributed by atoms with Gasteiger partial charge in [0.15, 0.2) is 0 Å². The Kier molecular flexibility index (Phi) is 5.23. The molecule has 7 heteroatoms. The Morgan fingerprint density at radius 1 is 1.00 bits per heavy atom. The number of hydrogen-bond donors (Lipinski definition) is 0. The summed E-state index contributed by atoms with van der Waals surface area (Å²) in [6.07, 6.45) is 0.838. The van der Waals surface area contributed by atoms with Crippen LogP contribution in [-0.2, 0) is 17.9 Å². The fraction of sp³-hybridized carbons (Fsp3) is 0.292. The molecule has 0 saturated heterocycles. The molecule has 3 aliphatic rings. The van der Waals surface area contributed by atoms with Crippen LogP contribution in [0.15, 0.2) is 64.8 Å². The molecular weight excluding hydrogens is 410 g/mol. The lowest BCUT2D eigenvalue weighted by Gasteiger charge is -2.42. The van der Waals surface area contributed by atoms with Gasteiger partial charge >= 0.3 is 0 Å². The standard InChI is InChI=1S/C24H22ClN5O/c25-20-7-5-19(6-8-20)15-30-23(31)21-16-28(14-18-3-1-17(13-26)2-4-18)11-9-22(21)29-12-10-27-24(29)30/h1-8H,9-12,14-16H2. The minimum atomic E-state index is 0.0476. The highest BCUT2D eigenvalue weighted by Gasteiger charge is 2.40. The van der Waals surface area contributed by atoms with Crippen molar-refractivity contribution in [3.05, 3.63) is 81.5 Å². The number of fused-ring (bicyclic) bond motifs is 2. The van der Waals surface area contributed by atoms with E-state index in [0.717, 1.165) is 54.4 Å². The van der Waals surface area contributed by atoms with E-state index in [9.17, 15) is 4.79 Å². The Morgan fingerprint density at radius 2 is 1.71 bits per heavy atom. The lowest BCUT2D eigenvalue weighted by atomic mass is 10.00. The number of benzene rings is 2. The number of carbonyl (C=O) groups is 1. The van der Waals surface area contributed by atoms with E-state index < -0.39 is 0 Å². The summed E-state index contributed by atoms with van der Waals surface area (Å²) in [6, 6.07) is 17.4. The molecule has 0 radical (unpaired) electrons. The lowest BCUT2D eigenvalue weighted by molar-refractivity contribution is -0.125. The van der Waals surface area contributed by atoms with E-state index in [4.69, 9.17) is 16.9 Å². The van der Waals surface area contributed by atoms with E-state index in [1.807, 2.05) is 48.5 Å². The lowest BCUT2D eigenvalue weighted by Crippen LogP contribution is -2.53. The summed E-state index contributed by atoms with van der Waals surface area (Å²) >= 11 is 6.02. The van der Waals surface area contributed by atoms with Crippen molar-refractivity contribution in [3.63, 3.8) is 0 Å². The van der Waals surface area contributed by atoms with E-state index in [1.54, 1.807) is 4.90 Å². The van der Waals surface area contributed by atoms with E-state index in [1.165, 1.54) is 0 Å². The molecule has 0 fully saturated rings. The first-order chi connectivity index (χ1) is 15.1. The van der Waals surface area contributed by atoms with Crippen molar-refractivity contribution in [3.8, 4) is 6.07 Å². The van der Waals surface area contributed by atoms with Crippen LogP contribution < -0.4 is 0 Å². The number of nitriles is 1. The first kappa shape index (κ1) is 19.8. The molecule has 3 heterocycles. The van der Waals surface area contributed by atoms with E-state index in [-0.39, 0.29) is 5.91 Å². The average molecular weight is 432 g/mol. The zero-order valence-corrected chi connectivity index (χ0v) is 17.8. The van der Waals surface area contributed by atoms with Gasteiger partial charge in [0.2, 0.25) is 5.96 Å². The van der Waals surface area contributed by atoms with Gasteiger partial charge in [-0.2, -0.15) is 5.26 Å². The van der Waals surface area contributed by atoms with Crippen LogP contribution in [0.1, 0.15) is 23.1 Å². The number of amides is 1. The molecule has 0 atom stereocenters. The van der Waals surface area contributed by atoms with Gasteiger partial charge in [0, 0.05) is 43.3 Å². The Labute approximate surface area is 186 Å². The Balaban J connectivity index is 1.37. The first-order valence-electron chi connectivity index (χ1n) is 10.4. The van der Waals surface area contributed by atoms with Crippen molar-refractivity contribution in [1.82, 2.24) is 14.7 Å². The Bertz CT molecular complexity index is 1110. The highest BCUT2D eigenvalue weighted by atomic mass is 35.5. The van der Waals surface area contributed by atoms with Gasteiger partial charge in [-0.05, 0) is 35.4 Å². The zero-order valence-electron chi connectivity index (χ0n) is 17.1. The largest absolute Gasteiger partial charge is 0.314 e. The van der Waals surface area contributed by atoms with Gasteiger partial charge in [0.05, 0.1) is 30.3 Å².